The third-order valence-electron chi connectivity index (χ3n) is 4.61. The van der Waals surface area contributed by atoms with Crippen molar-refractivity contribution in [3.05, 3.63) is 36.2 Å². The van der Waals surface area contributed by atoms with Crippen LogP contribution in [0.2, 0.25) is 0 Å². The Labute approximate surface area is 155 Å². The summed E-state index contributed by atoms with van der Waals surface area (Å²) in [6, 6.07) is 9.70. The fourth-order valence-electron chi connectivity index (χ4n) is 2.99. The van der Waals surface area contributed by atoms with E-state index >= 15 is 0 Å². The van der Waals surface area contributed by atoms with Gasteiger partial charge in [0.25, 0.3) is 0 Å². The van der Waals surface area contributed by atoms with Gasteiger partial charge in [0.2, 0.25) is 21.8 Å². The molecule has 1 aliphatic rings. The number of hydrogen-bond acceptors (Lipinski definition) is 6. The van der Waals surface area contributed by atoms with Crippen LogP contribution in [0.25, 0.3) is 11.5 Å². The zero-order chi connectivity index (χ0) is 18.4. The number of rotatable bonds is 8. The fraction of sp³-hybridized carbons (Fsp3) is 0.556. The summed E-state index contributed by atoms with van der Waals surface area (Å²) in [5.41, 5.74) is 0.914. The van der Waals surface area contributed by atoms with Gasteiger partial charge in [-0.25, -0.2) is 8.42 Å². The number of unbranched alkanes of at least 4 members (excludes halogenated alkanes) is 1. The standard InChI is InChI=1S/C18H26N4O3S/c1-2-3-15-26(23,24)22-13-11-21(12-14-22)10-9-17-19-20-18(25-17)16-7-5-4-6-8-16/h4-8H,2-3,9-15H2,1H3. The summed E-state index contributed by atoms with van der Waals surface area (Å²) in [7, 11) is -3.10. The van der Waals surface area contributed by atoms with Gasteiger partial charge in [0.15, 0.2) is 0 Å². The van der Waals surface area contributed by atoms with Crippen LogP contribution < -0.4 is 0 Å². The van der Waals surface area contributed by atoms with Gasteiger partial charge in [0, 0.05) is 44.7 Å². The molecule has 0 spiro atoms. The maximum atomic E-state index is 12.2. The van der Waals surface area contributed by atoms with Crippen molar-refractivity contribution < 1.29 is 12.8 Å². The van der Waals surface area contributed by atoms with Crippen molar-refractivity contribution in [2.24, 2.45) is 0 Å². The van der Waals surface area contributed by atoms with Gasteiger partial charge in [-0.1, -0.05) is 31.5 Å². The van der Waals surface area contributed by atoms with E-state index in [1.54, 1.807) is 4.31 Å². The van der Waals surface area contributed by atoms with Gasteiger partial charge >= 0.3 is 0 Å². The number of nitrogens with zero attached hydrogens (tertiary/aromatic N) is 4. The Morgan fingerprint density at radius 3 is 2.50 bits per heavy atom. The molecule has 1 aromatic carbocycles. The van der Waals surface area contributed by atoms with Gasteiger partial charge in [-0.15, -0.1) is 10.2 Å². The highest BCUT2D eigenvalue weighted by Crippen LogP contribution is 2.17. The van der Waals surface area contributed by atoms with Crippen LogP contribution >= 0.6 is 0 Å². The van der Waals surface area contributed by atoms with E-state index in [1.165, 1.54) is 0 Å². The zero-order valence-corrected chi connectivity index (χ0v) is 16.0. The molecule has 2 aromatic rings. The molecule has 0 amide bonds. The van der Waals surface area contributed by atoms with Crippen molar-refractivity contribution in [1.29, 1.82) is 0 Å². The van der Waals surface area contributed by atoms with Crippen molar-refractivity contribution in [1.82, 2.24) is 19.4 Å². The molecular formula is C18H26N4O3S. The minimum absolute atomic E-state index is 0.258. The first-order chi connectivity index (χ1) is 12.6. The smallest absolute Gasteiger partial charge is 0.247 e. The highest BCUT2D eigenvalue weighted by Gasteiger charge is 2.26. The molecule has 142 valence electrons. The molecule has 2 heterocycles. The molecule has 0 bridgehead atoms. The molecular weight excluding hydrogens is 352 g/mol. The lowest BCUT2D eigenvalue weighted by atomic mass is 10.2. The van der Waals surface area contributed by atoms with E-state index < -0.39 is 10.0 Å². The summed E-state index contributed by atoms with van der Waals surface area (Å²) in [6.07, 6.45) is 2.29. The quantitative estimate of drug-likeness (QED) is 0.699. The molecule has 7 nitrogen and oxygen atoms in total. The largest absolute Gasteiger partial charge is 0.421 e. The molecule has 0 radical (unpaired) electrons. The van der Waals surface area contributed by atoms with Gasteiger partial charge in [-0.2, -0.15) is 4.31 Å². The van der Waals surface area contributed by atoms with E-state index in [0.29, 0.717) is 31.3 Å². The van der Waals surface area contributed by atoms with E-state index in [-0.39, 0.29) is 5.75 Å². The molecule has 1 saturated heterocycles. The van der Waals surface area contributed by atoms with Crippen molar-refractivity contribution in [2.75, 3.05) is 38.5 Å². The second kappa shape index (κ2) is 8.75. The maximum absolute atomic E-state index is 12.2. The fourth-order valence-corrected chi connectivity index (χ4v) is 4.62. The van der Waals surface area contributed by atoms with Crippen LogP contribution in [0.4, 0.5) is 0 Å². The summed E-state index contributed by atoms with van der Waals surface area (Å²) in [6.45, 7) is 5.40. The Balaban J connectivity index is 1.46. The summed E-state index contributed by atoms with van der Waals surface area (Å²) >= 11 is 0. The van der Waals surface area contributed by atoms with Crippen LogP contribution in [0.3, 0.4) is 0 Å². The molecule has 0 N–H and O–H groups in total. The van der Waals surface area contributed by atoms with Gasteiger partial charge < -0.3 is 9.32 Å². The zero-order valence-electron chi connectivity index (χ0n) is 15.2. The maximum Gasteiger partial charge on any atom is 0.247 e. The monoisotopic (exact) mass is 378 g/mol. The Morgan fingerprint density at radius 1 is 1.08 bits per heavy atom. The third kappa shape index (κ3) is 4.90. The molecule has 0 saturated carbocycles. The van der Waals surface area contributed by atoms with Crippen LogP contribution in [0.1, 0.15) is 25.7 Å². The minimum Gasteiger partial charge on any atom is -0.421 e. The molecule has 0 unspecified atom stereocenters. The summed E-state index contributed by atoms with van der Waals surface area (Å²) in [4.78, 5) is 2.25. The molecule has 0 atom stereocenters. The molecule has 1 aliphatic heterocycles. The third-order valence-corrected chi connectivity index (χ3v) is 6.57. The van der Waals surface area contributed by atoms with Crippen LogP contribution in [-0.2, 0) is 16.4 Å². The van der Waals surface area contributed by atoms with Crippen LogP contribution in [0.15, 0.2) is 34.7 Å². The molecule has 8 heteroatoms. The highest BCUT2D eigenvalue weighted by atomic mass is 32.2. The molecule has 1 fully saturated rings. The first-order valence-corrected chi connectivity index (χ1v) is 10.8. The van der Waals surface area contributed by atoms with Crippen molar-refractivity contribution in [3.8, 4) is 11.5 Å². The number of piperazine rings is 1. The first kappa shape index (κ1) is 19.0. The number of sulfonamides is 1. The average molecular weight is 378 g/mol. The van der Waals surface area contributed by atoms with Gasteiger partial charge in [0.05, 0.1) is 5.75 Å². The average Bonchev–Trinajstić information content (AvgIpc) is 3.15. The lowest BCUT2D eigenvalue weighted by molar-refractivity contribution is 0.187. The van der Waals surface area contributed by atoms with Crippen molar-refractivity contribution in [2.45, 2.75) is 26.2 Å². The Hall–Kier alpha value is -1.77. The SMILES string of the molecule is CCCCS(=O)(=O)N1CCN(CCc2nnc(-c3ccccc3)o2)CC1. The van der Waals surface area contributed by atoms with Crippen molar-refractivity contribution in [3.63, 3.8) is 0 Å². The Bertz CT molecular complexity index is 784. The minimum atomic E-state index is -3.10. The molecule has 0 aliphatic carbocycles. The van der Waals surface area contributed by atoms with E-state index in [1.807, 2.05) is 37.3 Å². The van der Waals surface area contributed by atoms with Gasteiger partial charge in [-0.3, -0.25) is 0 Å². The second-order valence-electron chi connectivity index (χ2n) is 6.53. The van der Waals surface area contributed by atoms with E-state index in [4.69, 9.17) is 4.42 Å². The van der Waals surface area contributed by atoms with Crippen LogP contribution in [-0.4, -0.2) is 66.3 Å². The summed E-state index contributed by atoms with van der Waals surface area (Å²) in [5, 5.41) is 8.22. The van der Waals surface area contributed by atoms with Crippen LogP contribution in [0, 0.1) is 0 Å². The summed E-state index contributed by atoms with van der Waals surface area (Å²) in [5.74, 6) is 1.41. The predicted octanol–water partition coefficient (Wildman–Crippen LogP) is 2.03. The summed E-state index contributed by atoms with van der Waals surface area (Å²) < 4.78 is 31.8. The number of aromatic nitrogens is 2. The first-order valence-electron chi connectivity index (χ1n) is 9.16. The Morgan fingerprint density at radius 2 is 1.81 bits per heavy atom. The highest BCUT2D eigenvalue weighted by molar-refractivity contribution is 7.89. The molecule has 3 rings (SSSR count). The van der Waals surface area contributed by atoms with E-state index in [9.17, 15) is 8.42 Å². The molecule has 1 aromatic heterocycles. The van der Waals surface area contributed by atoms with Gasteiger partial charge in [-0.05, 0) is 18.6 Å². The predicted molar refractivity (Wildman–Crippen MR) is 100 cm³/mol. The van der Waals surface area contributed by atoms with E-state index in [0.717, 1.165) is 38.0 Å². The van der Waals surface area contributed by atoms with Crippen LogP contribution in [0.5, 0.6) is 0 Å². The number of hydrogen-bond donors (Lipinski definition) is 0. The lowest BCUT2D eigenvalue weighted by Crippen LogP contribution is -2.49. The second-order valence-corrected chi connectivity index (χ2v) is 8.62. The normalized spacial score (nSPS) is 16.8. The lowest BCUT2D eigenvalue weighted by Gasteiger charge is -2.33. The number of benzene rings is 1. The molecule has 26 heavy (non-hydrogen) atoms. The van der Waals surface area contributed by atoms with E-state index in [2.05, 4.69) is 15.1 Å². The van der Waals surface area contributed by atoms with Gasteiger partial charge in [0.1, 0.15) is 0 Å². The Kier molecular flexibility index (Phi) is 6.39. The topological polar surface area (TPSA) is 79.5 Å². The van der Waals surface area contributed by atoms with Crippen molar-refractivity contribution >= 4 is 10.0 Å².